The molecule has 0 aromatic heterocycles. The SMILES string of the molecule is COC1C=CC(S(=O)(=O)N(CC2=CCCO2)CC2C=NC=CC2)CC1. The summed E-state index contributed by atoms with van der Waals surface area (Å²) in [5.41, 5.74) is 0. The van der Waals surface area contributed by atoms with Gasteiger partial charge in [-0.05, 0) is 25.3 Å². The average Bonchev–Trinajstić information content (AvgIpc) is 3.15. The Balaban J connectivity index is 1.76. The smallest absolute Gasteiger partial charge is 0.221 e. The first-order chi connectivity index (χ1) is 12.1. The number of rotatable bonds is 7. The van der Waals surface area contributed by atoms with Crippen LogP contribution in [0.4, 0.5) is 0 Å². The molecule has 2 aliphatic heterocycles. The van der Waals surface area contributed by atoms with Crippen LogP contribution >= 0.6 is 0 Å². The Hall–Kier alpha value is -1.44. The van der Waals surface area contributed by atoms with Gasteiger partial charge in [-0.15, -0.1) is 0 Å². The van der Waals surface area contributed by atoms with Gasteiger partial charge < -0.3 is 9.47 Å². The molecule has 3 aliphatic rings. The van der Waals surface area contributed by atoms with Crippen molar-refractivity contribution in [3.8, 4) is 0 Å². The molecule has 0 spiro atoms. The van der Waals surface area contributed by atoms with E-state index in [1.807, 2.05) is 24.4 Å². The first-order valence-electron chi connectivity index (χ1n) is 8.80. The fourth-order valence-electron chi connectivity index (χ4n) is 3.33. The minimum absolute atomic E-state index is 0.0105. The molecular weight excluding hydrogens is 340 g/mol. The summed E-state index contributed by atoms with van der Waals surface area (Å²) in [5, 5.41) is -0.503. The number of hydrogen-bond acceptors (Lipinski definition) is 5. The third-order valence-corrected chi connectivity index (χ3v) is 6.95. The molecule has 0 saturated carbocycles. The molecule has 0 N–H and O–H groups in total. The Kier molecular flexibility index (Phi) is 6.09. The summed E-state index contributed by atoms with van der Waals surface area (Å²) in [7, 11) is -1.81. The van der Waals surface area contributed by atoms with Gasteiger partial charge >= 0.3 is 0 Å². The summed E-state index contributed by atoms with van der Waals surface area (Å²) in [6, 6.07) is 0. The van der Waals surface area contributed by atoms with E-state index in [1.165, 1.54) is 0 Å². The van der Waals surface area contributed by atoms with Crippen LogP contribution in [-0.4, -0.2) is 57.1 Å². The van der Waals surface area contributed by atoms with Gasteiger partial charge in [0.05, 0.1) is 24.5 Å². The van der Waals surface area contributed by atoms with Gasteiger partial charge in [0.15, 0.2) is 0 Å². The van der Waals surface area contributed by atoms with E-state index in [1.54, 1.807) is 23.7 Å². The molecule has 0 saturated heterocycles. The van der Waals surface area contributed by atoms with Crippen LogP contribution in [0.5, 0.6) is 0 Å². The number of sulfonamides is 1. The molecule has 0 amide bonds. The highest BCUT2D eigenvalue weighted by atomic mass is 32.2. The molecule has 0 aromatic carbocycles. The van der Waals surface area contributed by atoms with Crippen molar-refractivity contribution in [2.24, 2.45) is 10.9 Å². The Morgan fingerprint density at radius 3 is 2.84 bits per heavy atom. The summed E-state index contributed by atoms with van der Waals surface area (Å²) in [5.74, 6) is 0.850. The van der Waals surface area contributed by atoms with Crippen molar-refractivity contribution in [3.63, 3.8) is 0 Å². The molecule has 3 unspecified atom stereocenters. The van der Waals surface area contributed by atoms with Crippen molar-refractivity contribution in [2.75, 3.05) is 26.8 Å². The monoisotopic (exact) mass is 366 g/mol. The van der Waals surface area contributed by atoms with Gasteiger partial charge in [0, 0.05) is 38.4 Å². The van der Waals surface area contributed by atoms with E-state index in [9.17, 15) is 8.42 Å². The van der Waals surface area contributed by atoms with Crippen LogP contribution in [0.2, 0.25) is 0 Å². The van der Waals surface area contributed by atoms with E-state index in [-0.39, 0.29) is 12.0 Å². The normalized spacial score (nSPS) is 29.0. The number of allylic oxidation sites excluding steroid dienone is 1. The molecule has 7 heteroatoms. The molecule has 1 aliphatic carbocycles. The zero-order chi connectivity index (χ0) is 17.7. The van der Waals surface area contributed by atoms with Crippen LogP contribution in [0.3, 0.4) is 0 Å². The van der Waals surface area contributed by atoms with Crippen molar-refractivity contribution in [1.82, 2.24) is 4.31 Å². The van der Waals surface area contributed by atoms with Gasteiger partial charge in [0.2, 0.25) is 10.0 Å². The number of methoxy groups -OCH3 is 1. The van der Waals surface area contributed by atoms with E-state index in [0.29, 0.717) is 26.1 Å². The zero-order valence-electron chi connectivity index (χ0n) is 14.6. The van der Waals surface area contributed by atoms with Crippen molar-refractivity contribution < 1.29 is 17.9 Å². The topological polar surface area (TPSA) is 68.2 Å². The van der Waals surface area contributed by atoms with Gasteiger partial charge in [-0.2, -0.15) is 4.31 Å². The second-order valence-corrected chi connectivity index (χ2v) is 8.75. The predicted molar refractivity (Wildman–Crippen MR) is 97.8 cm³/mol. The lowest BCUT2D eigenvalue weighted by Gasteiger charge is -2.30. The van der Waals surface area contributed by atoms with Gasteiger partial charge in [-0.25, -0.2) is 8.42 Å². The second kappa shape index (κ2) is 8.29. The highest BCUT2D eigenvalue weighted by Gasteiger charge is 2.34. The minimum atomic E-state index is -3.46. The lowest BCUT2D eigenvalue weighted by molar-refractivity contribution is 0.128. The Bertz CT molecular complexity index is 681. The summed E-state index contributed by atoms with van der Waals surface area (Å²) in [6.45, 7) is 1.36. The van der Waals surface area contributed by atoms with Crippen LogP contribution < -0.4 is 0 Å². The molecule has 2 heterocycles. The molecule has 0 aromatic rings. The van der Waals surface area contributed by atoms with Crippen LogP contribution in [0.1, 0.15) is 25.7 Å². The molecule has 3 rings (SSSR count). The first-order valence-corrected chi connectivity index (χ1v) is 10.3. The second-order valence-electron chi connectivity index (χ2n) is 6.60. The molecule has 6 nitrogen and oxygen atoms in total. The van der Waals surface area contributed by atoms with Gasteiger partial charge in [-0.3, -0.25) is 4.99 Å². The van der Waals surface area contributed by atoms with E-state index < -0.39 is 15.3 Å². The molecule has 0 radical (unpaired) electrons. The third-order valence-electron chi connectivity index (χ3n) is 4.80. The van der Waals surface area contributed by atoms with Crippen molar-refractivity contribution in [2.45, 2.75) is 37.0 Å². The minimum Gasteiger partial charge on any atom is -0.497 e. The Morgan fingerprint density at radius 1 is 1.36 bits per heavy atom. The predicted octanol–water partition coefficient (Wildman–Crippen LogP) is 2.26. The summed E-state index contributed by atoms with van der Waals surface area (Å²) in [6.07, 6.45) is 14.1. The molecule has 0 bridgehead atoms. The van der Waals surface area contributed by atoms with Gasteiger partial charge in [0.1, 0.15) is 5.76 Å². The van der Waals surface area contributed by atoms with Crippen molar-refractivity contribution in [1.29, 1.82) is 0 Å². The highest BCUT2D eigenvalue weighted by Crippen LogP contribution is 2.25. The maximum atomic E-state index is 13.2. The largest absolute Gasteiger partial charge is 0.497 e. The zero-order valence-corrected chi connectivity index (χ0v) is 15.4. The summed E-state index contributed by atoms with van der Waals surface area (Å²) < 4.78 is 38.9. The third kappa shape index (κ3) is 4.59. The highest BCUT2D eigenvalue weighted by molar-refractivity contribution is 7.89. The fourth-order valence-corrected chi connectivity index (χ4v) is 5.14. The molecule has 0 fully saturated rings. The van der Waals surface area contributed by atoms with E-state index in [2.05, 4.69) is 4.99 Å². The Labute approximate surface area is 149 Å². The number of nitrogens with zero attached hydrogens (tertiary/aromatic N) is 2. The van der Waals surface area contributed by atoms with Gasteiger partial charge in [0.25, 0.3) is 0 Å². The van der Waals surface area contributed by atoms with Crippen LogP contribution in [-0.2, 0) is 19.5 Å². The number of aliphatic imine (C=N–C) groups is 1. The molecule has 138 valence electrons. The lowest BCUT2D eigenvalue weighted by atomic mass is 10.1. The Morgan fingerprint density at radius 2 is 2.24 bits per heavy atom. The maximum absolute atomic E-state index is 13.2. The van der Waals surface area contributed by atoms with Gasteiger partial charge in [-0.1, -0.05) is 18.2 Å². The molecule has 3 atom stereocenters. The lowest BCUT2D eigenvalue weighted by Crippen LogP contribution is -2.43. The quantitative estimate of drug-likeness (QED) is 0.648. The number of hydrogen-bond donors (Lipinski definition) is 0. The maximum Gasteiger partial charge on any atom is 0.221 e. The van der Waals surface area contributed by atoms with Crippen LogP contribution in [0, 0.1) is 5.92 Å². The summed E-state index contributed by atoms with van der Waals surface area (Å²) in [4.78, 5) is 4.16. The molecule has 25 heavy (non-hydrogen) atoms. The van der Waals surface area contributed by atoms with E-state index >= 15 is 0 Å². The van der Waals surface area contributed by atoms with Crippen LogP contribution in [0.15, 0.2) is 41.3 Å². The summed E-state index contributed by atoms with van der Waals surface area (Å²) >= 11 is 0. The van der Waals surface area contributed by atoms with Crippen molar-refractivity contribution >= 4 is 16.2 Å². The number of ether oxygens (including phenoxy) is 2. The van der Waals surface area contributed by atoms with Crippen molar-refractivity contribution in [3.05, 3.63) is 36.3 Å². The molecular formula is C18H26N2O4S. The first kappa shape index (κ1) is 18.4. The average molecular weight is 366 g/mol. The van der Waals surface area contributed by atoms with E-state index in [0.717, 1.165) is 25.0 Å². The fraction of sp³-hybridized carbons (Fsp3) is 0.611. The van der Waals surface area contributed by atoms with Crippen LogP contribution in [0.25, 0.3) is 0 Å². The van der Waals surface area contributed by atoms with E-state index in [4.69, 9.17) is 9.47 Å². The standard InChI is InChI=1S/C18H26N2O4S/c1-23-16-6-8-18(9-7-16)25(21,22)20(14-17-5-3-11-24-17)13-15-4-2-10-19-12-15/h2,5-6,8,10,12,15-16,18H,3-4,7,9,11,13-14H2,1H3.